The van der Waals surface area contributed by atoms with Gasteiger partial charge in [0.25, 0.3) is 5.56 Å². The Bertz CT molecular complexity index is 1160. The fourth-order valence-corrected chi connectivity index (χ4v) is 3.66. The van der Waals surface area contributed by atoms with Gasteiger partial charge in [-0.1, -0.05) is 23.9 Å². The van der Waals surface area contributed by atoms with E-state index in [4.69, 9.17) is 0 Å². The molecule has 1 aliphatic heterocycles. The molecule has 0 aliphatic carbocycles. The Kier molecular flexibility index (Phi) is 5.27. The first-order valence-corrected chi connectivity index (χ1v) is 9.76. The van der Waals surface area contributed by atoms with Gasteiger partial charge in [0.05, 0.1) is 17.8 Å². The van der Waals surface area contributed by atoms with Gasteiger partial charge in [-0.3, -0.25) is 14.3 Å². The van der Waals surface area contributed by atoms with Gasteiger partial charge < -0.3 is 10.4 Å². The SMILES string of the molecule is C=C(NCc1ccc(F)cc1)c1nc2n(c(=O)c1O)CCN(Cc1nn[nH]n1)C2(C)C. The molecule has 4 rings (SSSR count). The summed E-state index contributed by atoms with van der Waals surface area (Å²) >= 11 is 0. The molecule has 11 heteroatoms. The summed E-state index contributed by atoms with van der Waals surface area (Å²) in [4.78, 5) is 19.6. The second-order valence-electron chi connectivity index (χ2n) is 7.86. The summed E-state index contributed by atoms with van der Waals surface area (Å²) in [5.74, 6) is 0.262. The number of benzene rings is 1. The lowest BCUT2D eigenvalue weighted by molar-refractivity contribution is 0.0630. The second kappa shape index (κ2) is 7.91. The number of halogens is 1. The molecule has 3 aromatic rings. The van der Waals surface area contributed by atoms with Crippen molar-refractivity contribution in [2.75, 3.05) is 6.54 Å². The number of rotatable bonds is 6. The summed E-state index contributed by atoms with van der Waals surface area (Å²) in [7, 11) is 0. The molecule has 0 fully saturated rings. The summed E-state index contributed by atoms with van der Waals surface area (Å²) in [5.41, 5.74) is 0.0548. The fraction of sp³-hybridized carbons (Fsp3) is 0.350. The van der Waals surface area contributed by atoms with Crippen molar-refractivity contribution in [2.45, 2.75) is 39.0 Å². The van der Waals surface area contributed by atoms with E-state index in [0.29, 0.717) is 43.5 Å². The van der Waals surface area contributed by atoms with Crippen LogP contribution in [0.15, 0.2) is 35.6 Å². The molecule has 1 aliphatic rings. The van der Waals surface area contributed by atoms with Crippen LogP contribution in [0.3, 0.4) is 0 Å². The predicted molar refractivity (Wildman–Crippen MR) is 110 cm³/mol. The van der Waals surface area contributed by atoms with Crippen molar-refractivity contribution in [1.82, 2.24) is 40.4 Å². The molecular weight excluding hydrogens is 403 g/mol. The van der Waals surface area contributed by atoms with Crippen LogP contribution >= 0.6 is 0 Å². The predicted octanol–water partition coefficient (Wildman–Crippen LogP) is 1.11. The van der Waals surface area contributed by atoms with Gasteiger partial charge in [-0.05, 0) is 31.5 Å². The van der Waals surface area contributed by atoms with E-state index in [9.17, 15) is 14.3 Å². The second-order valence-corrected chi connectivity index (χ2v) is 7.86. The van der Waals surface area contributed by atoms with Crippen LogP contribution in [0.5, 0.6) is 5.75 Å². The first-order chi connectivity index (χ1) is 14.8. The van der Waals surface area contributed by atoms with E-state index in [0.717, 1.165) is 5.56 Å². The van der Waals surface area contributed by atoms with Crippen LogP contribution in [0, 0.1) is 5.82 Å². The topological polar surface area (TPSA) is 125 Å². The van der Waals surface area contributed by atoms with E-state index in [2.05, 4.69) is 42.4 Å². The Hall–Kier alpha value is -3.60. The molecule has 1 aromatic carbocycles. The Balaban J connectivity index is 1.62. The summed E-state index contributed by atoms with van der Waals surface area (Å²) < 4.78 is 14.6. The fourth-order valence-electron chi connectivity index (χ4n) is 3.66. The van der Waals surface area contributed by atoms with Crippen molar-refractivity contribution >= 4 is 5.70 Å². The summed E-state index contributed by atoms with van der Waals surface area (Å²) in [6.45, 7) is 9.51. The van der Waals surface area contributed by atoms with Crippen molar-refractivity contribution in [1.29, 1.82) is 0 Å². The van der Waals surface area contributed by atoms with Gasteiger partial charge in [-0.15, -0.1) is 10.2 Å². The maximum atomic E-state index is 13.1. The monoisotopic (exact) mass is 426 g/mol. The largest absolute Gasteiger partial charge is 0.501 e. The molecule has 0 bridgehead atoms. The van der Waals surface area contributed by atoms with Gasteiger partial charge in [0.1, 0.15) is 17.3 Å². The molecule has 0 radical (unpaired) electrons. The average Bonchev–Trinajstić information content (AvgIpc) is 3.25. The van der Waals surface area contributed by atoms with Gasteiger partial charge in [-0.25, -0.2) is 9.37 Å². The lowest BCUT2D eigenvalue weighted by Gasteiger charge is -2.42. The number of H-pyrrole nitrogens is 1. The zero-order chi connectivity index (χ0) is 22.2. The number of aromatic nitrogens is 6. The smallest absolute Gasteiger partial charge is 0.296 e. The van der Waals surface area contributed by atoms with Crippen LogP contribution < -0.4 is 10.9 Å². The van der Waals surface area contributed by atoms with Crippen LogP contribution in [0.1, 0.15) is 36.8 Å². The lowest BCUT2D eigenvalue weighted by Crippen LogP contribution is -2.52. The van der Waals surface area contributed by atoms with Crippen LogP contribution in [-0.2, 0) is 25.2 Å². The third-order valence-electron chi connectivity index (χ3n) is 5.50. The maximum Gasteiger partial charge on any atom is 0.296 e. The van der Waals surface area contributed by atoms with E-state index in [1.807, 2.05) is 13.8 Å². The van der Waals surface area contributed by atoms with Crippen molar-refractivity contribution < 1.29 is 9.50 Å². The zero-order valence-corrected chi connectivity index (χ0v) is 17.3. The Morgan fingerprint density at radius 3 is 2.74 bits per heavy atom. The van der Waals surface area contributed by atoms with Crippen molar-refractivity contribution in [3.05, 3.63) is 69.9 Å². The first kappa shape index (κ1) is 20.7. The minimum absolute atomic E-state index is 0.0906. The highest BCUT2D eigenvalue weighted by Crippen LogP contribution is 2.32. The Labute approximate surface area is 177 Å². The van der Waals surface area contributed by atoms with Crippen LogP contribution in [-0.4, -0.2) is 46.7 Å². The molecule has 0 saturated carbocycles. The highest BCUT2D eigenvalue weighted by atomic mass is 19.1. The summed E-state index contributed by atoms with van der Waals surface area (Å²) in [6, 6.07) is 6.01. The number of tetrazole rings is 1. The number of aromatic amines is 1. The van der Waals surface area contributed by atoms with Crippen molar-refractivity contribution in [3.8, 4) is 5.75 Å². The van der Waals surface area contributed by atoms with E-state index < -0.39 is 16.8 Å². The lowest BCUT2D eigenvalue weighted by atomic mass is 9.98. The maximum absolute atomic E-state index is 13.1. The normalized spacial score (nSPS) is 15.5. The molecule has 31 heavy (non-hydrogen) atoms. The first-order valence-electron chi connectivity index (χ1n) is 9.76. The van der Waals surface area contributed by atoms with Crippen molar-refractivity contribution in [3.63, 3.8) is 0 Å². The number of aromatic hydroxyl groups is 1. The number of fused-ring (bicyclic) bond motifs is 1. The molecule has 3 heterocycles. The third kappa shape index (κ3) is 3.91. The Morgan fingerprint density at radius 1 is 1.32 bits per heavy atom. The van der Waals surface area contributed by atoms with Crippen LogP contribution in [0.4, 0.5) is 4.39 Å². The van der Waals surface area contributed by atoms with Crippen LogP contribution in [0.25, 0.3) is 5.70 Å². The minimum Gasteiger partial charge on any atom is -0.501 e. The highest BCUT2D eigenvalue weighted by molar-refractivity contribution is 5.63. The average molecular weight is 426 g/mol. The van der Waals surface area contributed by atoms with E-state index in [1.54, 1.807) is 12.1 Å². The van der Waals surface area contributed by atoms with Gasteiger partial charge in [0.15, 0.2) is 5.82 Å². The van der Waals surface area contributed by atoms with Gasteiger partial charge in [0, 0.05) is 19.6 Å². The highest BCUT2D eigenvalue weighted by Gasteiger charge is 2.38. The summed E-state index contributed by atoms with van der Waals surface area (Å²) in [6.07, 6.45) is 0. The molecular formula is C20H23FN8O2. The quantitative estimate of drug-likeness (QED) is 0.535. The number of hydrogen-bond donors (Lipinski definition) is 3. The van der Waals surface area contributed by atoms with E-state index >= 15 is 0 Å². The molecule has 0 amide bonds. The molecule has 3 N–H and O–H groups in total. The zero-order valence-electron chi connectivity index (χ0n) is 17.3. The van der Waals surface area contributed by atoms with Gasteiger partial charge in [0.2, 0.25) is 5.75 Å². The number of nitrogens with zero attached hydrogens (tertiary/aromatic N) is 6. The van der Waals surface area contributed by atoms with Gasteiger partial charge >= 0.3 is 0 Å². The van der Waals surface area contributed by atoms with E-state index in [1.165, 1.54) is 16.7 Å². The number of nitrogens with one attached hydrogen (secondary N) is 2. The Morgan fingerprint density at radius 2 is 2.06 bits per heavy atom. The molecule has 0 saturated heterocycles. The molecule has 0 unspecified atom stereocenters. The van der Waals surface area contributed by atoms with Crippen molar-refractivity contribution in [2.24, 2.45) is 0 Å². The van der Waals surface area contributed by atoms with Gasteiger partial charge in [-0.2, -0.15) is 5.21 Å². The molecule has 162 valence electrons. The summed E-state index contributed by atoms with van der Waals surface area (Å²) in [5, 5.41) is 27.6. The molecule has 10 nitrogen and oxygen atoms in total. The molecule has 0 spiro atoms. The number of hydrogen-bond acceptors (Lipinski definition) is 8. The van der Waals surface area contributed by atoms with Crippen LogP contribution in [0.2, 0.25) is 0 Å². The third-order valence-corrected chi connectivity index (χ3v) is 5.50. The minimum atomic E-state index is -0.641. The molecule has 0 atom stereocenters. The standard InChI is InChI=1S/C20H23FN8O2/c1-12(22-10-13-4-6-14(21)7-5-13)16-17(30)18(31)29-9-8-28(11-15-24-26-27-25-15)20(2,3)19(29)23-16/h4-7,22,30H,1,8-11H2,2-3H3,(H,24,25,26,27). The van der Waals surface area contributed by atoms with E-state index in [-0.39, 0.29) is 11.5 Å². The molecule has 2 aromatic heterocycles.